The molecule has 0 aliphatic rings. The van der Waals surface area contributed by atoms with Crippen molar-refractivity contribution in [2.45, 2.75) is 13.3 Å². The summed E-state index contributed by atoms with van der Waals surface area (Å²) < 4.78 is 5.24. The van der Waals surface area contributed by atoms with Crippen LogP contribution in [0.2, 0.25) is 10.0 Å². The lowest BCUT2D eigenvalue weighted by Crippen LogP contribution is -2.38. The molecule has 26 heavy (non-hydrogen) atoms. The molecule has 0 spiro atoms. The van der Waals surface area contributed by atoms with Crippen molar-refractivity contribution in [1.29, 1.82) is 0 Å². The normalized spacial score (nSPS) is 10.3. The molecule has 0 unspecified atom stereocenters. The molecule has 2 aromatic carbocycles. The van der Waals surface area contributed by atoms with Crippen LogP contribution in [0.4, 0.5) is 5.69 Å². The molecule has 1 N–H and O–H groups in total. The van der Waals surface area contributed by atoms with Gasteiger partial charge in [0.15, 0.2) is 0 Å². The first-order valence-electron chi connectivity index (χ1n) is 8.13. The minimum absolute atomic E-state index is 0.104. The third-order valence-electron chi connectivity index (χ3n) is 3.66. The van der Waals surface area contributed by atoms with Gasteiger partial charge in [0.1, 0.15) is 12.3 Å². The van der Waals surface area contributed by atoms with Crippen LogP contribution in [0, 0.1) is 0 Å². The van der Waals surface area contributed by atoms with Crippen molar-refractivity contribution in [3.05, 3.63) is 58.1 Å². The Hall–Kier alpha value is -2.24. The van der Waals surface area contributed by atoms with Crippen LogP contribution in [0.25, 0.3) is 0 Å². The van der Waals surface area contributed by atoms with Gasteiger partial charge in [0.2, 0.25) is 5.91 Å². The van der Waals surface area contributed by atoms with Gasteiger partial charge >= 0.3 is 0 Å². The molecular formula is C19H20Cl2N2O3. The van der Waals surface area contributed by atoms with E-state index in [4.69, 9.17) is 27.9 Å². The Kier molecular flexibility index (Phi) is 7.30. The number of methoxy groups -OCH3 is 1. The van der Waals surface area contributed by atoms with Crippen LogP contribution in [0.1, 0.15) is 23.7 Å². The Morgan fingerprint density at radius 3 is 2.58 bits per heavy atom. The van der Waals surface area contributed by atoms with Crippen molar-refractivity contribution in [3.63, 3.8) is 0 Å². The van der Waals surface area contributed by atoms with Crippen molar-refractivity contribution < 1.29 is 14.3 Å². The largest absolute Gasteiger partial charge is 0.496 e. The molecule has 0 aliphatic heterocycles. The highest BCUT2D eigenvalue weighted by atomic mass is 35.5. The van der Waals surface area contributed by atoms with Crippen LogP contribution in [-0.2, 0) is 4.79 Å². The molecule has 0 saturated heterocycles. The zero-order valence-corrected chi connectivity index (χ0v) is 16.1. The smallest absolute Gasteiger partial charge is 0.258 e. The summed E-state index contributed by atoms with van der Waals surface area (Å²) in [4.78, 5) is 26.7. The molecule has 0 aliphatic carbocycles. The van der Waals surface area contributed by atoms with E-state index in [0.29, 0.717) is 40.0 Å². The summed E-state index contributed by atoms with van der Waals surface area (Å²) in [5.74, 6) is -0.153. The average molecular weight is 395 g/mol. The van der Waals surface area contributed by atoms with Crippen molar-refractivity contribution >= 4 is 40.7 Å². The fraction of sp³-hybridized carbons (Fsp3) is 0.263. The monoisotopic (exact) mass is 394 g/mol. The maximum Gasteiger partial charge on any atom is 0.258 e. The lowest BCUT2D eigenvalue weighted by Gasteiger charge is -2.22. The van der Waals surface area contributed by atoms with Gasteiger partial charge in [-0.1, -0.05) is 42.3 Å². The summed E-state index contributed by atoms with van der Waals surface area (Å²) in [7, 11) is 1.50. The number of halogens is 2. The number of para-hydroxylation sites is 1. The maximum atomic E-state index is 12.8. The predicted octanol–water partition coefficient (Wildman–Crippen LogP) is 4.49. The first-order valence-corrected chi connectivity index (χ1v) is 8.89. The minimum atomic E-state index is -0.356. The van der Waals surface area contributed by atoms with Gasteiger partial charge < -0.3 is 15.0 Å². The number of nitrogens with zero attached hydrogens (tertiary/aromatic N) is 1. The Labute approximate surface area is 162 Å². The van der Waals surface area contributed by atoms with Gasteiger partial charge in [0, 0.05) is 11.6 Å². The SMILES string of the molecule is CCCN(CC(=O)Nc1cc(Cl)ccc1Cl)C(=O)c1ccccc1OC. The van der Waals surface area contributed by atoms with Gasteiger partial charge in [-0.3, -0.25) is 9.59 Å². The number of anilines is 1. The molecule has 0 atom stereocenters. The molecule has 0 fully saturated rings. The number of rotatable bonds is 7. The fourth-order valence-electron chi connectivity index (χ4n) is 2.47. The van der Waals surface area contributed by atoms with Gasteiger partial charge in [-0.05, 0) is 36.8 Å². The Morgan fingerprint density at radius 2 is 1.88 bits per heavy atom. The third kappa shape index (κ3) is 5.13. The molecule has 0 radical (unpaired) electrons. The number of carbonyl (C=O) groups excluding carboxylic acids is 2. The van der Waals surface area contributed by atoms with E-state index in [9.17, 15) is 9.59 Å². The van der Waals surface area contributed by atoms with E-state index in [-0.39, 0.29) is 18.4 Å². The summed E-state index contributed by atoms with van der Waals surface area (Å²) in [6.45, 7) is 2.27. The lowest BCUT2D eigenvalue weighted by molar-refractivity contribution is -0.116. The molecule has 2 aromatic rings. The zero-order valence-electron chi connectivity index (χ0n) is 14.6. The Morgan fingerprint density at radius 1 is 1.15 bits per heavy atom. The number of hydrogen-bond donors (Lipinski definition) is 1. The topological polar surface area (TPSA) is 58.6 Å². The standard InChI is InChI=1S/C19H20Cl2N2O3/c1-3-10-23(19(25)14-6-4-5-7-17(14)26-2)12-18(24)22-16-11-13(20)8-9-15(16)21/h4-9,11H,3,10,12H2,1-2H3,(H,22,24). The van der Waals surface area contributed by atoms with Gasteiger partial charge in [0.05, 0.1) is 23.4 Å². The van der Waals surface area contributed by atoms with E-state index in [0.717, 1.165) is 0 Å². The lowest BCUT2D eigenvalue weighted by atomic mass is 10.1. The van der Waals surface area contributed by atoms with Crippen LogP contribution in [-0.4, -0.2) is 36.9 Å². The molecule has 138 valence electrons. The second-order valence-corrected chi connectivity index (χ2v) is 6.44. The highest BCUT2D eigenvalue weighted by Gasteiger charge is 2.21. The zero-order chi connectivity index (χ0) is 19.1. The summed E-state index contributed by atoms with van der Waals surface area (Å²) in [6.07, 6.45) is 0.714. The number of carbonyl (C=O) groups is 2. The molecule has 2 amide bonds. The fourth-order valence-corrected chi connectivity index (χ4v) is 2.81. The summed E-state index contributed by atoms with van der Waals surface area (Å²) in [5, 5.41) is 3.53. The summed E-state index contributed by atoms with van der Waals surface area (Å²) in [6, 6.07) is 11.7. The number of benzene rings is 2. The van der Waals surface area contributed by atoms with Crippen molar-refractivity contribution in [2.24, 2.45) is 0 Å². The molecule has 0 heterocycles. The molecule has 0 aromatic heterocycles. The molecule has 0 saturated carbocycles. The maximum absolute atomic E-state index is 12.8. The quantitative estimate of drug-likeness (QED) is 0.752. The van der Waals surface area contributed by atoms with E-state index in [2.05, 4.69) is 5.32 Å². The first kappa shape index (κ1) is 20.1. The molecule has 7 heteroatoms. The number of hydrogen-bond acceptors (Lipinski definition) is 3. The highest BCUT2D eigenvalue weighted by Crippen LogP contribution is 2.25. The van der Waals surface area contributed by atoms with Gasteiger partial charge in [-0.2, -0.15) is 0 Å². The minimum Gasteiger partial charge on any atom is -0.496 e. The van der Waals surface area contributed by atoms with Crippen molar-refractivity contribution in [3.8, 4) is 5.75 Å². The van der Waals surface area contributed by atoms with E-state index < -0.39 is 0 Å². The average Bonchev–Trinajstić information content (AvgIpc) is 2.63. The molecule has 5 nitrogen and oxygen atoms in total. The van der Waals surface area contributed by atoms with Crippen molar-refractivity contribution in [2.75, 3.05) is 25.5 Å². The molecule has 2 rings (SSSR count). The predicted molar refractivity (Wildman–Crippen MR) is 104 cm³/mol. The van der Waals surface area contributed by atoms with E-state index in [1.54, 1.807) is 42.5 Å². The van der Waals surface area contributed by atoms with Crippen LogP contribution < -0.4 is 10.1 Å². The van der Waals surface area contributed by atoms with Crippen LogP contribution in [0.5, 0.6) is 5.75 Å². The van der Waals surface area contributed by atoms with Gasteiger partial charge in [0.25, 0.3) is 5.91 Å². The second kappa shape index (κ2) is 9.46. The number of amides is 2. The highest BCUT2D eigenvalue weighted by molar-refractivity contribution is 6.35. The molecular weight excluding hydrogens is 375 g/mol. The van der Waals surface area contributed by atoms with Gasteiger partial charge in [-0.25, -0.2) is 0 Å². The van der Waals surface area contributed by atoms with E-state index in [1.165, 1.54) is 12.0 Å². The van der Waals surface area contributed by atoms with E-state index in [1.807, 2.05) is 6.92 Å². The van der Waals surface area contributed by atoms with Crippen LogP contribution in [0.15, 0.2) is 42.5 Å². The second-order valence-electron chi connectivity index (χ2n) is 5.60. The number of ether oxygens (including phenoxy) is 1. The van der Waals surface area contributed by atoms with Crippen LogP contribution >= 0.6 is 23.2 Å². The Bertz CT molecular complexity index is 796. The Balaban J connectivity index is 2.15. The number of nitrogens with one attached hydrogen (secondary N) is 1. The van der Waals surface area contributed by atoms with Crippen LogP contribution in [0.3, 0.4) is 0 Å². The molecule has 0 bridgehead atoms. The third-order valence-corrected chi connectivity index (χ3v) is 4.22. The van der Waals surface area contributed by atoms with E-state index >= 15 is 0 Å². The van der Waals surface area contributed by atoms with Gasteiger partial charge in [-0.15, -0.1) is 0 Å². The first-order chi connectivity index (χ1) is 12.5. The summed E-state index contributed by atoms with van der Waals surface area (Å²) >= 11 is 12.0. The van der Waals surface area contributed by atoms with Crippen molar-refractivity contribution in [1.82, 2.24) is 4.90 Å². The summed E-state index contributed by atoms with van der Waals surface area (Å²) in [5.41, 5.74) is 0.822.